The Bertz CT molecular complexity index is 951. The van der Waals surface area contributed by atoms with E-state index in [4.69, 9.17) is 0 Å². The van der Waals surface area contributed by atoms with Crippen molar-refractivity contribution in [3.63, 3.8) is 0 Å². The van der Waals surface area contributed by atoms with Crippen molar-refractivity contribution in [2.24, 2.45) is 0 Å². The van der Waals surface area contributed by atoms with Crippen LogP contribution in [-0.4, -0.2) is 52.2 Å². The summed E-state index contributed by atoms with van der Waals surface area (Å²) in [4.78, 5) is 10.3. The molecule has 1 aromatic carbocycles. The molecule has 1 aliphatic carbocycles. The third kappa shape index (κ3) is 3.37. The van der Waals surface area contributed by atoms with E-state index >= 15 is 0 Å². The van der Waals surface area contributed by atoms with E-state index in [1.807, 2.05) is 0 Å². The number of anilines is 1. The first-order valence-electron chi connectivity index (χ1n) is 8.76. The second-order valence-corrected chi connectivity index (χ2v) is 8.49. The van der Waals surface area contributed by atoms with Crippen LogP contribution in [0.15, 0.2) is 29.2 Å². The molecule has 0 radical (unpaired) electrons. The second-order valence-electron chi connectivity index (χ2n) is 6.71. The lowest BCUT2D eigenvalue weighted by molar-refractivity contribution is -0.387. The Morgan fingerprint density at radius 3 is 2.74 bits per heavy atom. The maximum Gasteiger partial charge on any atom is 0.289 e. The zero-order chi connectivity index (χ0) is 19.0. The number of nitrogens with zero attached hydrogens (tertiary/aromatic N) is 6. The van der Waals surface area contributed by atoms with Crippen LogP contribution in [0.3, 0.4) is 0 Å². The predicted molar refractivity (Wildman–Crippen MR) is 94.6 cm³/mol. The number of tetrazole rings is 1. The lowest BCUT2D eigenvalue weighted by Gasteiger charge is -2.23. The summed E-state index contributed by atoms with van der Waals surface area (Å²) in [6.07, 6.45) is 3.32. The first-order valence-corrected chi connectivity index (χ1v) is 10.2. The van der Waals surface area contributed by atoms with Crippen LogP contribution in [0.1, 0.15) is 25.7 Å². The zero-order valence-corrected chi connectivity index (χ0v) is 15.2. The van der Waals surface area contributed by atoms with Gasteiger partial charge in [-0.2, -0.15) is 0 Å². The molecular formula is C15H19N7O4S. The van der Waals surface area contributed by atoms with Gasteiger partial charge in [-0.05, 0) is 48.7 Å². The summed E-state index contributed by atoms with van der Waals surface area (Å²) in [6.45, 7) is 1.35. The summed E-state index contributed by atoms with van der Waals surface area (Å²) in [5, 5.41) is 26.2. The van der Waals surface area contributed by atoms with Gasteiger partial charge in [-0.15, -0.1) is 0 Å². The molecule has 27 heavy (non-hydrogen) atoms. The highest BCUT2D eigenvalue weighted by atomic mass is 32.2. The Kier molecular flexibility index (Phi) is 4.52. The summed E-state index contributed by atoms with van der Waals surface area (Å²) in [5.41, 5.74) is -0.459. The largest absolute Gasteiger partial charge is 0.312 e. The van der Waals surface area contributed by atoms with Gasteiger partial charge in [0.1, 0.15) is 0 Å². The van der Waals surface area contributed by atoms with Gasteiger partial charge in [-0.1, -0.05) is 17.2 Å². The minimum Gasteiger partial charge on any atom is -0.312 e. The summed E-state index contributed by atoms with van der Waals surface area (Å²) in [6, 6.07) is 5.21. The fourth-order valence-corrected chi connectivity index (χ4v) is 5.12. The minimum atomic E-state index is -4.18. The highest BCUT2D eigenvalue weighted by Gasteiger charge is 2.43. The zero-order valence-electron chi connectivity index (χ0n) is 14.4. The van der Waals surface area contributed by atoms with Crippen molar-refractivity contribution < 1.29 is 13.3 Å². The molecule has 2 aliphatic rings. The quantitative estimate of drug-likeness (QED) is 0.536. The van der Waals surface area contributed by atoms with Crippen LogP contribution < -0.4 is 9.62 Å². The molecule has 1 N–H and O–H groups in total. The van der Waals surface area contributed by atoms with Gasteiger partial charge in [0.25, 0.3) is 21.7 Å². The monoisotopic (exact) mass is 393 g/mol. The Morgan fingerprint density at radius 2 is 2.07 bits per heavy atom. The van der Waals surface area contributed by atoms with Crippen LogP contribution in [0.2, 0.25) is 0 Å². The molecule has 1 aromatic heterocycles. The molecule has 0 amide bonds. The molecule has 0 bridgehead atoms. The molecule has 11 nitrogen and oxygen atoms in total. The molecule has 1 aliphatic heterocycles. The molecular weight excluding hydrogens is 374 g/mol. The molecule has 2 fully saturated rings. The normalized spacial score (nSPS) is 19.9. The summed E-state index contributed by atoms with van der Waals surface area (Å²) in [5.74, 6) is 0.101. The van der Waals surface area contributed by atoms with E-state index < -0.39 is 20.6 Å². The number of nitro groups is 1. The molecule has 12 heteroatoms. The van der Waals surface area contributed by atoms with Gasteiger partial charge < -0.3 is 5.32 Å². The van der Waals surface area contributed by atoms with E-state index in [1.54, 1.807) is 0 Å². The summed E-state index contributed by atoms with van der Waals surface area (Å²) < 4.78 is 29.3. The van der Waals surface area contributed by atoms with E-state index in [0.717, 1.165) is 23.7 Å². The second kappa shape index (κ2) is 6.85. The van der Waals surface area contributed by atoms with E-state index in [1.165, 1.54) is 28.9 Å². The predicted octanol–water partition coefficient (Wildman–Crippen LogP) is 0.691. The standard InChI is InChI=1S/C15H19N7O4S/c23-22(24)13-5-1-2-6-14(13)27(25,26)21(12-7-8-12)15-17-18-19-20(15)10-11-4-3-9-16-11/h1-2,5-6,11-12,16H,3-4,7-10H2/t11-/m0/s1. The van der Waals surface area contributed by atoms with Gasteiger partial charge in [0.2, 0.25) is 0 Å². The summed E-state index contributed by atoms with van der Waals surface area (Å²) in [7, 11) is -4.18. The van der Waals surface area contributed by atoms with Gasteiger partial charge in [-0.3, -0.25) is 10.1 Å². The fourth-order valence-electron chi connectivity index (χ4n) is 3.31. The Hall–Kier alpha value is -2.60. The Labute approximate surface area is 155 Å². The molecule has 1 saturated carbocycles. The number of hydrogen-bond acceptors (Lipinski definition) is 8. The molecule has 2 aromatic rings. The molecule has 1 saturated heterocycles. The van der Waals surface area contributed by atoms with Crippen molar-refractivity contribution in [1.82, 2.24) is 25.5 Å². The van der Waals surface area contributed by atoms with Crippen molar-refractivity contribution in [2.75, 3.05) is 10.8 Å². The van der Waals surface area contributed by atoms with Gasteiger partial charge in [-0.25, -0.2) is 17.4 Å². The minimum absolute atomic E-state index is 0.101. The molecule has 2 heterocycles. The van der Waals surface area contributed by atoms with Gasteiger partial charge in [0.05, 0.1) is 11.5 Å². The van der Waals surface area contributed by atoms with E-state index in [2.05, 4.69) is 20.8 Å². The average molecular weight is 393 g/mol. The number of para-hydroxylation sites is 1. The first-order chi connectivity index (χ1) is 13.0. The lowest BCUT2D eigenvalue weighted by Crippen LogP contribution is -2.37. The topological polar surface area (TPSA) is 136 Å². The van der Waals surface area contributed by atoms with Crippen LogP contribution in [-0.2, 0) is 16.6 Å². The number of nitro benzene ring substituents is 1. The number of aromatic nitrogens is 4. The van der Waals surface area contributed by atoms with Gasteiger partial charge >= 0.3 is 0 Å². The van der Waals surface area contributed by atoms with Crippen LogP contribution >= 0.6 is 0 Å². The lowest BCUT2D eigenvalue weighted by atomic mass is 10.2. The van der Waals surface area contributed by atoms with Crippen molar-refractivity contribution in [1.29, 1.82) is 0 Å². The van der Waals surface area contributed by atoms with Crippen LogP contribution in [0.5, 0.6) is 0 Å². The van der Waals surface area contributed by atoms with Gasteiger partial charge in [0, 0.05) is 18.2 Å². The molecule has 1 atom stereocenters. The van der Waals surface area contributed by atoms with Crippen LogP contribution in [0, 0.1) is 10.1 Å². The number of benzene rings is 1. The highest BCUT2D eigenvalue weighted by molar-refractivity contribution is 7.93. The molecule has 0 unspecified atom stereocenters. The number of rotatable bonds is 7. The third-order valence-corrected chi connectivity index (χ3v) is 6.62. The summed E-state index contributed by atoms with van der Waals surface area (Å²) >= 11 is 0. The highest BCUT2D eigenvalue weighted by Crippen LogP contribution is 2.37. The van der Waals surface area contributed by atoms with Crippen molar-refractivity contribution in [3.05, 3.63) is 34.4 Å². The maximum atomic E-state index is 13.3. The molecule has 4 rings (SSSR count). The number of hydrogen-bond donors (Lipinski definition) is 1. The van der Waals surface area contributed by atoms with E-state index in [-0.39, 0.29) is 22.9 Å². The SMILES string of the molecule is O=[N+]([O-])c1ccccc1S(=O)(=O)N(c1nnnn1C[C@@H]1CCCN1)C1CC1. The Balaban J connectivity index is 1.74. The van der Waals surface area contributed by atoms with Crippen LogP contribution in [0.25, 0.3) is 0 Å². The van der Waals surface area contributed by atoms with Crippen molar-refractivity contribution in [3.8, 4) is 0 Å². The average Bonchev–Trinajstić information content (AvgIpc) is 3.14. The number of sulfonamides is 1. The van der Waals surface area contributed by atoms with E-state index in [9.17, 15) is 18.5 Å². The fraction of sp³-hybridized carbons (Fsp3) is 0.533. The van der Waals surface area contributed by atoms with Crippen molar-refractivity contribution in [2.45, 2.75) is 49.2 Å². The first kappa shape index (κ1) is 17.8. The smallest absolute Gasteiger partial charge is 0.289 e. The number of nitrogens with one attached hydrogen (secondary N) is 1. The van der Waals surface area contributed by atoms with Crippen molar-refractivity contribution >= 4 is 21.7 Å². The molecule has 0 spiro atoms. The third-order valence-electron chi connectivity index (χ3n) is 4.74. The van der Waals surface area contributed by atoms with Gasteiger partial charge in [0.15, 0.2) is 4.90 Å². The van der Waals surface area contributed by atoms with Crippen LogP contribution in [0.4, 0.5) is 11.6 Å². The van der Waals surface area contributed by atoms with E-state index in [0.29, 0.717) is 19.4 Å². The Morgan fingerprint density at radius 1 is 1.30 bits per heavy atom. The maximum absolute atomic E-state index is 13.3. The molecule has 144 valence electrons.